The van der Waals surface area contributed by atoms with Crippen molar-refractivity contribution in [2.45, 2.75) is 19.9 Å². The molecule has 0 aliphatic carbocycles. The molecule has 0 saturated carbocycles. The molecule has 1 aliphatic rings. The number of amides is 1. The number of anilines is 1. The molecule has 0 radical (unpaired) electrons. The molecule has 1 fully saturated rings. The molecule has 1 N–H and O–H groups in total. The van der Waals surface area contributed by atoms with E-state index in [1.165, 1.54) is 0 Å². The Morgan fingerprint density at radius 3 is 2.70 bits per heavy atom. The van der Waals surface area contributed by atoms with Gasteiger partial charge in [-0.05, 0) is 19.4 Å². The van der Waals surface area contributed by atoms with Crippen molar-refractivity contribution in [2.75, 3.05) is 29.5 Å². The van der Waals surface area contributed by atoms with Crippen molar-refractivity contribution in [1.29, 1.82) is 0 Å². The Balaban J connectivity index is 1.62. The molecule has 7 heteroatoms. The summed E-state index contributed by atoms with van der Waals surface area (Å²) in [5.74, 6) is 2.93. The van der Waals surface area contributed by atoms with E-state index >= 15 is 0 Å². The number of carbonyl (C=O) groups is 1. The Kier molecular flexibility index (Phi) is 5.03. The second kappa shape index (κ2) is 7.60. The van der Waals surface area contributed by atoms with E-state index in [0.29, 0.717) is 5.69 Å². The zero-order chi connectivity index (χ0) is 18.8. The van der Waals surface area contributed by atoms with Crippen LogP contribution in [0.4, 0.5) is 5.82 Å². The summed E-state index contributed by atoms with van der Waals surface area (Å²) in [5, 5.41) is 7.54. The summed E-state index contributed by atoms with van der Waals surface area (Å²) in [6.45, 7) is 5.87. The van der Waals surface area contributed by atoms with Crippen LogP contribution in [0.5, 0.6) is 0 Å². The molecule has 140 valence electrons. The normalized spacial score (nSPS) is 15.7. The van der Waals surface area contributed by atoms with Crippen LogP contribution in [0.2, 0.25) is 0 Å². The summed E-state index contributed by atoms with van der Waals surface area (Å²) >= 11 is 1.96. The molecule has 0 bridgehead atoms. The summed E-state index contributed by atoms with van der Waals surface area (Å²) in [6, 6.07) is 11.7. The van der Waals surface area contributed by atoms with E-state index < -0.39 is 0 Å². The average molecular weight is 382 g/mol. The Morgan fingerprint density at radius 2 is 1.96 bits per heavy atom. The standard InChI is InChI=1S/C20H23N5OS/c1-14-13-25-18(19(21-14)24-8-10-27-11-9-24)12-17(23-25)20(26)22-15(2)16-6-4-3-5-7-16/h3-7,12-13,15H,8-11H2,1-2H3,(H,22,26)/t15-/m0/s1. The third kappa shape index (κ3) is 3.78. The van der Waals surface area contributed by atoms with Crippen LogP contribution < -0.4 is 10.2 Å². The lowest BCUT2D eigenvalue weighted by Gasteiger charge is -2.28. The van der Waals surface area contributed by atoms with Crippen LogP contribution in [-0.4, -0.2) is 45.1 Å². The van der Waals surface area contributed by atoms with Crippen LogP contribution in [0, 0.1) is 6.92 Å². The van der Waals surface area contributed by atoms with E-state index in [1.54, 1.807) is 4.52 Å². The fourth-order valence-electron chi connectivity index (χ4n) is 3.30. The van der Waals surface area contributed by atoms with Gasteiger partial charge in [-0.3, -0.25) is 4.79 Å². The molecule has 1 aliphatic heterocycles. The first kappa shape index (κ1) is 17.9. The number of hydrogen-bond donors (Lipinski definition) is 1. The predicted molar refractivity (Wildman–Crippen MR) is 110 cm³/mol. The molecular formula is C20H23N5OS. The number of aryl methyl sites for hydroxylation is 1. The van der Waals surface area contributed by atoms with Gasteiger partial charge in [0.25, 0.3) is 5.91 Å². The van der Waals surface area contributed by atoms with Gasteiger partial charge in [0.1, 0.15) is 5.52 Å². The third-order valence-corrected chi connectivity index (χ3v) is 5.69. The maximum atomic E-state index is 12.7. The Bertz CT molecular complexity index is 950. The van der Waals surface area contributed by atoms with E-state index in [4.69, 9.17) is 4.98 Å². The zero-order valence-electron chi connectivity index (χ0n) is 15.6. The fraction of sp³-hybridized carbons (Fsp3) is 0.350. The Morgan fingerprint density at radius 1 is 1.22 bits per heavy atom. The van der Waals surface area contributed by atoms with E-state index in [2.05, 4.69) is 15.3 Å². The largest absolute Gasteiger partial charge is 0.353 e. The summed E-state index contributed by atoms with van der Waals surface area (Å²) in [6.07, 6.45) is 1.87. The van der Waals surface area contributed by atoms with Gasteiger partial charge in [-0.25, -0.2) is 9.50 Å². The van der Waals surface area contributed by atoms with E-state index in [9.17, 15) is 4.79 Å². The first-order valence-corrected chi connectivity index (χ1v) is 10.3. The minimum absolute atomic E-state index is 0.0815. The van der Waals surface area contributed by atoms with E-state index in [1.807, 2.05) is 68.2 Å². The van der Waals surface area contributed by atoms with Crippen LogP contribution >= 0.6 is 11.8 Å². The van der Waals surface area contributed by atoms with Gasteiger partial charge >= 0.3 is 0 Å². The molecule has 0 unspecified atom stereocenters. The number of nitrogens with one attached hydrogen (secondary N) is 1. The summed E-state index contributed by atoms with van der Waals surface area (Å²) < 4.78 is 1.78. The first-order chi connectivity index (χ1) is 13.1. The van der Waals surface area contributed by atoms with E-state index in [0.717, 1.165) is 47.2 Å². The molecule has 27 heavy (non-hydrogen) atoms. The lowest BCUT2D eigenvalue weighted by atomic mass is 10.1. The molecule has 4 rings (SSSR count). The van der Waals surface area contributed by atoms with Crippen molar-refractivity contribution in [3.63, 3.8) is 0 Å². The lowest BCUT2D eigenvalue weighted by molar-refractivity contribution is 0.0934. The van der Waals surface area contributed by atoms with Gasteiger partial charge in [0.15, 0.2) is 11.5 Å². The molecule has 0 spiro atoms. The highest BCUT2D eigenvalue weighted by Gasteiger charge is 2.20. The van der Waals surface area contributed by atoms with Crippen LogP contribution in [0.1, 0.15) is 34.7 Å². The van der Waals surface area contributed by atoms with Crippen molar-refractivity contribution >= 4 is 29.0 Å². The number of thioether (sulfide) groups is 1. The summed E-state index contributed by atoms with van der Waals surface area (Å²) in [5.41, 5.74) is 3.25. The quantitative estimate of drug-likeness (QED) is 0.752. The second-order valence-corrected chi connectivity index (χ2v) is 8.00. The Labute approximate surface area is 163 Å². The average Bonchev–Trinajstić information content (AvgIpc) is 3.12. The smallest absolute Gasteiger partial charge is 0.272 e. The van der Waals surface area contributed by atoms with Crippen LogP contribution in [-0.2, 0) is 0 Å². The molecule has 1 amide bonds. The van der Waals surface area contributed by atoms with Crippen molar-refractivity contribution in [3.8, 4) is 0 Å². The molecule has 3 aromatic rings. The SMILES string of the molecule is Cc1cn2nc(C(=O)N[C@@H](C)c3ccccc3)cc2c(N2CCSCC2)n1. The van der Waals surface area contributed by atoms with Gasteiger partial charge in [-0.15, -0.1) is 0 Å². The molecular weight excluding hydrogens is 358 g/mol. The van der Waals surface area contributed by atoms with Crippen molar-refractivity contribution in [2.24, 2.45) is 0 Å². The lowest BCUT2D eigenvalue weighted by Crippen LogP contribution is -2.33. The second-order valence-electron chi connectivity index (χ2n) is 6.77. The molecule has 2 aromatic heterocycles. The topological polar surface area (TPSA) is 62.5 Å². The van der Waals surface area contributed by atoms with Crippen LogP contribution in [0.15, 0.2) is 42.6 Å². The highest BCUT2D eigenvalue weighted by atomic mass is 32.2. The highest BCUT2D eigenvalue weighted by Crippen LogP contribution is 2.24. The summed E-state index contributed by atoms with van der Waals surface area (Å²) in [7, 11) is 0. The van der Waals surface area contributed by atoms with E-state index in [-0.39, 0.29) is 11.9 Å². The molecule has 6 nitrogen and oxygen atoms in total. The van der Waals surface area contributed by atoms with Crippen molar-refractivity contribution < 1.29 is 4.79 Å². The number of nitrogens with zero attached hydrogens (tertiary/aromatic N) is 4. The van der Waals surface area contributed by atoms with Crippen LogP contribution in [0.25, 0.3) is 5.52 Å². The van der Waals surface area contributed by atoms with Crippen molar-refractivity contribution in [1.82, 2.24) is 19.9 Å². The number of hydrogen-bond acceptors (Lipinski definition) is 5. The zero-order valence-corrected chi connectivity index (χ0v) is 16.4. The minimum atomic E-state index is -0.173. The van der Waals surface area contributed by atoms with Gasteiger partial charge in [0.2, 0.25) is 0 Å². The molecule has 1 aromatic carbocycles. The molecule has 1 saturated heterocycles. The van der Waals surface area contributed by atoms with Gasteiger partial charge in [0.05, 0.1) is 17.9 Å². The maximum absolute atomic E-state index is 12.7. The molecule has 1 atom stereocenters. The maximum Gasteiger partial charge on any atom is 0.272 e. The number of rotatable bonds is 4. The monoisotopic (exact) mass is 381 g/mol. The number of benzene rings is 1. The summed E-state index contributed by atoms with van der Waals surface area (Å²) in [4.78, 5) is 19.8. The number of carbonyl (C=O) groups excluding carboxylic acids is 1. The number of fused-ring (bicyclic) bond motifs is 1. The molecule has 3 heterocycles. The van der Waals surface area contributed by atoms with Gasteiger partial charge < -0.3 is 10.2 Å². The Hall–Kier alpha value is -2.54. The third-order valence-electron chi connectivity index (χ3n) is 4.75. The highest BCUT2D eigenvalue weighted by molar-refractivity contribution is 7.99. The number of aromatic nitrogens is 3. The van der Waals surface area contributed by atoms with Gasteiger partial charge in [-0.1, -0.05) is 30.3 Å². The fourth-order valence-corrected chi connectivity index (χ4v) is 4.21. The van der Waals surface area contributed by atoms with Crippen LogP contribution in [0.3, 0.4) is 0 Å². The first-order valence-electron chi connectivity index (χ1n) is 9.17. The van der Waals surface area contributed by atoms with Gasteiger partial charge in [-0.2, -0.15) is 16.9 Å². The van der Waals surface area contributed by atoms with Crippen molar-refractivity contribution in [3.05, 3.63) is 59.5 Å². The minimum Gasteiger partial charge on any atom is -0.353 e. The predicted octanol–water partition coefficient (Wildman–Crippen LogP) is 3.08. The van der Waals surface area contributed by atoms with Gasteiger partial charge in [0, 0.05) is 30.7 Å².